The molecule has 1 spiro atoms. The van der Waals surface area contributed by atoms with Gasteiger partial charge in [0.15, 0.2) is 0 Å². The van der Waals surface area contributed by atoms with E-state index in [4.69, 9.17) is 9.15 Å². The van der Waals surface area contributed by atoms with E-state index in [1.807, 2.05) is 24.9 Å². The van der Waals surface area contributed by atoms with Crippen LogP contribution in [0.3, 0.4) is 0 Å². The third-order valence-electron chi connectivity index (χ3n) is 6.86. The summed E-state index contributed by atoms with van der Waals surface area (Å²) >= 11 is 0. The van der Waals surface area contributed by atoms with Crippen molar-refractivity contribution in [2.45, 2.75) is 64.0 Å². The van der Waals surface area contributed by atoms with E-state index >= 15 is 0 Å². The Morgan fingerprint density at radius 3 is 2.61 bits per heavy atom. The smallest absolute Gasteiger partial charge is 0.307 e. The minimum absolute atomic E-state index is 0.0984. The quantitative estimate of drug-likeness (QED) is 0.725. The van der Waals surface area contributed by atoms with Crippen molar-refractivity contribution in [3.8, 4) is 0 Å². The van der Waals surface area contributed by atoms with Crippen LogP contribution in [0.4, 0.5) is 0 Å². The standard InChI is InChI=1S/C22H32N2O4/c1-16-5-6-18(27-16)15-24-11-7-17(8-12-24)14-23(2)21(26)19-13-20(25)28-22(19)9-3-4-10-22/h5-6,17,19H,3-4,7-15H2,1-2H3/t19-/m1/s1. The summed E-state index contributed by atoms with van der Waals surface area (Å²) in [6.07, 6.45) is 6.21. The third-order valence-corrected chi connectivity index (χ3v) is 6.86. The van der Waals surface area contributed by atoms with Crippen molar-refractivity contribution in [1.29, 1.82) is 0 Å². The molecule has 28 heavy (non-hydrogen) atoms. The molecule has 3 aliphatic rings. The molecule has 0 unspecified atom stereocenters. The molecule has 1 aromatic heterocycles. The first kappa shape index (κ1) is 19.5. The minimum Gasteiger partial charge on any atom is -0.465 e. The van der Waals surface area contributed by atoms with Gasteiger partial charge < -0.3 is 14.1 Å². The molecule has 1 saturated carbocycles. The summed E-state index contributed by atoms with van der Waals surface area (Å²) in [4.78, 5) is 29.3. The van der Waals surface area contributed by atoms with Gasteiger partial charge in [0.1, 0.15) is 17.1 Å². The predicted octanol–water partition coefficient (Wildman–Crippen LogP) is 3.13. The Morgan fingerprint density at radius 1 is 1.25 bits per heavy atom. The second-order valence-electron chi connectivity index (χ2n) is 8.95. The molecule has 2 saturated heterocycles. The highest BCUT2D eigenvalue weighted by Crippen LogP contribution is 2.46. The SMILES string of the molecule is Cc1ccc(CN2CCC(CN(C)C(=O)[C@H]3CC(=O)OC34CCCC4)CC2)o1. The normalized spacial score (nSPS) is 25.4. The van der Waals surface area contributed by atoms with Crippen molar-refractivity contribution in [2.24, 2.45) is 11.8 Å². The zero-order valence-corrected chi connectivity index (χ0v) is 17.1. The zero-order valence-electron chi connectivity index (χ0n) is 17.1. The van der Waals surface area contributed by atoms with Crippen LogP contribution in [0.25, 0.3) is 0 Å². The molecular weight excluding hydrogens is 356 g/mol. The summed E-state index contributed by atoms with van der Waals surface area (Å²) in [5, 5.41) is 0. The molecule has 6 nitrogen and oxygen atoms in total. The zero-order chi connectivity index (χ0) is 19.7. The lowest BCUT2D eigenvalue weighted by Crippen LogP contribution is -2.46. The molecule has 0 radical (unpaired) electrons. The van der Waals surface area contributed by atoms with E-state index < -0.39 is 5.60 Å². The Morgan fingerprint density at radius 2 is 1.96 bits per heavy atom. The first-order chi connectivity index (χ1) is 13.4. The van der Waals surface area contributed by atoms with Gasteiger partial charge >= 0.3 is 5.97 Å². The molecule has 0 aromatic carbocycles. The maximum absolute atomic E-state index is 13.1. The number of likely N-dealkylation sites (tertiary alicyclic amines) is 1. The fraction of sp³-hybridized carbons (Fsp3) is 0.727. The van der Waals surface area contributed by atoms with Crippen LogP contribution < -0.4 is 0 Å². The van der Waals surface area contributed by atoms with E-state index in [2.05, 4.69) is 11.0 Å². The van der Waals surface area contributed by atoms with Gasteiger partial charge in [-0.25, -0.2) is 0 Å². The predicted molar refractivity (Wildman–Crippen MR) is 104 cm³/mol. The molecule has 3 heterocycles. The van der Waals surface area contributed by atoms with Crippen LogP contribution in [0.1, 0.15) is 56.5 Å². The van der Waals surface area contributed by atoms with Gasteiger partial charge in [0, 0.05) is 13.6 Å². The number of amides is 1. The van der Waals surface area contributed by atoms with Crippen molar-refractivity contribution in [1.82, 2.24) is 9.80 Å². The van der Waals surface area contributed by atoms with Gasteiger partial charge in [-0.05, 0) is 76.6 Å². The molecule has 0 bridgehead atoms. The van der Waals surface area contributed by atoms with Crippen LogP contribution >= 0.6 is 0 Å². The van der Waals surface area contributed by atoms with Crippen molar-refractivity contribution in [3.05, 3.63) is 23.7 Å². The summed E-state index contributed by atoms with van der Waals surface area (Å²) in [7, 11) is 1.89. The van der Waals surface area contributed by atoms with E-state index in [0.717, 1.165) is 76.2 Å². The Bertz CT molecular complexity index is 714. The molecule has 1 amide bonds. The number of aryl methyl sites for hydroxylation is 1. The van der Waals surface area contributed by atoms with Crippen LogP contribution in [0.2, 0.25) is 0 Å². The number of esters is 1. The number of ether oxygens (including phenoxy) is 1. The van der Waals surface area contributed by atoms with Gasteiger partial charge in [-0.3, -0.25) is 14.5 Å². The van der Waals surface area contributed by atoms with Crippen molar-refractivity contribution in [3.63, 3.8) is 0 Å². The van der Waals surface area contributed by atoms with E-state index in [1.54, 1.807) is 0 Å². The topological polar surface area (TPSA) is 63.0 Å². The number of rotatable bonds is 5. The molecule has 3 fully saturated rings. The van der Waals surface area contributed by atoms with Gasteiger partial charge in [0.2, 0.25) is 5.91 Å². The molecule has 1 aliphatic carbocycles. The second kappa shape index (κ2) is 7.90. The maximum atomic E-state index is 13.1. The monoisotopic (exact) mass is 388 g/mol. The molecule has 1 aromatic rings. The third kappa shape index (κ3) is 3.97. The van der Waals surface area contributed by atoms with Gasteiger partial charge in [0.05, 0.1) is 18.9 Å². The first-order valence-corrected chi connectivity index (χ1v) is 10.7. The highest BCUT2D eigenvalue weighted by Gasteiger charge is 2.54. The van der Waals surface area contributed by atoms with Gasteiger partial charge in [-0.1, -0.05) is 0 Å². The maximum Gasteiger partial charge on any atom is 0.307 e. The largest absolute Gasteiger partial charge is 0.465 e. The minimum atomic E-state index is -0.507. The average molecular weight is 389 g/mol. The second-order valence-corrected chi connectivity index (χ2v) is 8.95. The number of furan rings is 1. The van der Waals surface area contributed by atoms with Crippen molar-refractivity contribution < 1.29 is 18.7 Å². The van der Waals surface area contributed by atoms with Crippen LogP contribution in [0.5, 0.6) is 0 Å². The van der Waals surface area contributed by atoms with E-state index in [-0.39, 0.29) is 24.2 Å². The molecule has 2 aliphatic heterocycles. The lowest BCUT2D eigenvalue weighted by atomic mass is 9.84. The summed E-state index contributed by atoms with van der Waals surface area (Å²) < 4.78 is 11.3. The van der Waals surface area contributed by atoms with Gasteiger partial charge in [-0.2, -0.15) is 0 Å². The summed E-state index contributed by atoms with van der Waals surface area (Å²) in [6.45, 7) is 5.66. The van der Waals surface area contributed by atoms with E-state index in [0.29, 0.717) is 5.92 Å². The van der Waals surface area contributed by atoms with E-state index in [1.165, 1.54) is 0 Å². The van der Waals surface area contributed by atoms with Crippen LogP contribution in [-0.4, -0.2) is 54.0 Å². The van der Waals surface area contributed by atoms with Gasteiger partial charge in [-0.15, -0.1) is 0 Å². The van der Waals surface area contributed by atoms with Crippen molar-refractivity contribution in [2.75, 3.05) is 26.7 Å². The lowest BCUT2D eigenvalue weighted by Gasteiger charge is -2.35. The number of carbonyl (C=O) groups excluding carboxylic acids is 2. The number of hydrogen-bond donors (Lipinski definition) is 0. The molecule has 0 N–H and O–H groups in total. The Balaban J connectivity index is 1.27. The van der Waals surface area contributed by atoms with Crippen LogP contribution in [0.15, 0.2) is 16.5 Å². The fourth-order valence-electron chi connectivity index (χ4n) is 5.29. The number of nitrogens with zero attached hydrogens (tertiary/aromatic N) is 2. The van der Waals surface area contributed by atoms with E-state index in [9.17, 15) is 9.59 Å². The number of piperidine rings is 1. The molecular formula is C22H32N2O4. The number of carbonyl (C=O) groups is 2. The van der Waals surface area contributed by atoms with Crippen LogP contribution in [-0.2, 0) is 20.9 Å². The van der Waals surface area contributed by atoms with Gasteiger partial charge in [0.25, 0.3) is 0 Å². The molecule has 6 heteroatoms. The molecule has 4 rings (SSSR count). The molecule has 1 atom stereocenters. The summed E-state index contributed by atoms with van der Waals surface area (Å²) in [5.41, 5.74) is -0.507. The first-order valence-electron chi connectivity index (χ1n) is 10.7. The highest BCUT2D eigenvalue weighted by atomic mass is 16.6. The lowest BCUT2D eigenvalue weighted by molar-refractivity contribution is -0.151. The Hall–Kier alpha value is -1.82. The Kier molecular flexibility index (Phi) is 5.50. The Labute approximate surface area is 167 Å². The van der Waals surface area contributed by atoms with Crippen LogP contribution in [0, 0.1) is 18.8 Å². The highest BCUT2D eigenvalue weighted by molar-refractivity contribution is 5.87. The molecule has 154 valence electrons. The fourth-order valence-corrected chi connectivity index (χ4v) is 5.29. The number of hydrogen-bond acceptors (Lipinski definition) is 5. The summed E-state index contributed by atoms with van der Waals surface area (Å²) in [5.74, 6) is 2.11. The average Bonchev–Trinajstić information content (AvgIpc) is 3.38. The summed E-state index contributed by atoms with van der Waals surface area (Å²) in [6, 6.07) is 4.06. The van der Waals surface area contributed by atoms with Crippen molar-refractivity contribution >= 4 is 11.9 Å².